The molecule has 1 unspecified atom stereocenters. The van der Waals surface area contributed by atoms with E-state index in [0.29, 0.717) is 0 Å². The van der Waals surface area contributed by atoms with Crippen molar-refractivity contribution in [3.63, 3.8) is 0 Å². The van der Waals surface area contributed by atoms with Crippen molar-refractivity contribution >= 4 is 11.3 Å². The number of methoxy groups -OCH3 is 1. The van der Waals surface area contributed by atoms with Gasteiger partial charge in [0, 0.05) is 11.1 Å². The van der Waals surface area contributed by atoms with Gasteiger partial charge < -0.3 is 4.74 Å². The zero-order valence-corrected chi connectivity index (χ0v) is 12.3. The Bertz CT molecular complexity index is 553. The van der Waals surface area contributed by atoms with Crippen LogP contribution in [0, 0.1) is 13.8 Å². The number of nitrogens with two attached hydrogens (primary N) is 1. The van der Waals surface area contributed by atoms with Crippen LogP contribution in [-0.4, -0.2) is 12.1 Å². The van der Waals surface area contributed by atoms with E-state index in [-0.39, 0.29) is 6.04 Å². The second-order valence-corrected chi connectivity index (χ2v) is 5.79. The van der Waals surface area contributed by atoms with E-state index < -0.39 is 0 Å². The molecule has 0 aliphatic carbocycles. The summed E-state index contributed by atoms with van der Waals surface area (Å²) in [7, 11) is 1.69. The second-order valence-electron chi connectivity index (χ2n) is 4.52. The molecule has 1 atom stereocenters. The maximum atomic E-state index is 5.68. The van der Waals surface area contributed by atoms with Crippen molar-refractivity contribution < 1.29 is 4.74 Å². The minimum atomic E-state index is 0.0573. The highest BCUT2D eigenvalue weighted by Gasteiger charge is 2.15. The predicted molar refractivity (Wildman–Crippen MR) is 78.4 cm³/mol. The van der Waals surface area contributed by atoms with Gasteiger partial charge in [-0.1, -0.05) is 17.7 Å². The van der Waals surface area contributed by atoms with Gasteiger partial charge in [-0.2, -0.15) is 0 Å². The largest absolute Gasteiger partial charge is 0.496 e. The Kier molecular flexibility index (Phi) is 4.52. The zero-order valence-electron chi connectivity index (χ0n) is 11.4. The topological polar surface area (TPSA) is 60.2 Å². The van der Waals surface area contributed by atoms with Gasteiger partial charge in [0.1, 0.15) is 5.75 Å². The van der Waals surface area contributed by atoms with Crippen LogP contribution < -0.4 is 16.0 Å². The Morgan fingerprint density at radius 2 is 2.21 bits per heavy atom. The Morgan fingerprint density at radius 3 is 2.79 bits per heavy atom. The van der Waals surface area contributed by atoms with Crippen molar-refractivity contribution in [1.29, 1.82) is 0 Å². The smallest absolute Gasteiger partial charge is 0.122 e. The molecule has 0 spiro atoms. The Balaban J connectivity index is 2.25. The van der Waals surface area contributed by atoms with Gasteiger partial charge in [-0.25, -0.2) is 4.98 Å². The molecular weight excluding hydrogens is 258 g/mol. The number of hydrazine groups is 1. The lowest BCUT2D eigenvalue weighted by Gasteiger charge is -2.16. The first-order valence-corrected chi connectivity index (χ1v) is 6.97. The number of hydrogen-bond donors (Lipinski definition) is 2. The quantitative estimate of drug-likeness (QED) is 0.651. The van der Waals surface area contributed by atoms with Gasteiger partial charge in [0.15, 0.2) is 0 Å². The summed E-state index contributed by atoms with van der Waals surface area (Å²) in [6.07, 6.45) is 2.66. The fourth-order valence-electron chi connectivity index (χ4n) is 2.07. The summed E-state index contributed by atoms with van der Waals surface area (Å²) in [5.74, 6) is 6.57. The molecule has 4 nitrogen and oxygen atoms in total. The van der Waals surface area contributed by atoms with Gasteiger partial charge in [-0.05, 0) is 31.9 Å². The lowest BCUT2D eigenvalue weighted by molar-refractivity contribution is 0.406. The standard InChI is InChI=1S/C14H19N3OS/c1-9-4-5-13(18-3)11(6-9)7-12(17-15)14-8-16-10(2)19-14/h4-6,8,12,17H,7,15H2,1-3H3. The first-order valence-electron chi connectivity index (χ1n) is 6.16. The van der Waals surface area contributed by atoms with Crippen LogP contribution in [0.3, 0.4) is 0 Å². The fourth-order valence-corrected chi connectivity index (χ4v) is 2.91. The molecule has 1 aromatic carbocycles. The molecule has 5 heteroatoms. The van der Waals surface area contributed by atoms with Crippen molar-refractivity contribution in [2.24, 2.45) is 5.84 Å². The van der Waals surface area contributed by atoms with Crippen LogP contribution in [-0.2, 0) is 6.42 Å². The molecule has 1 aromatic heterocycles. The number of aryl methyl sites for hydroxylation is 2. The number of ether oxygens (including phenoxy) is 1. The number of rotatable bonds is 5. The van der Waals surface area contributed by atoms with E-state index in [9.17, 15) is 0 Å². The summed E-state index contributed by atoms with van der Waals surface area (Å²) in [6.45, 7) is 4.07. The highest BCUT2D eigenvalue weighted by Crippen LogP contribution is 2.28. The van der Waals surface area contributed by atoms with Crippen LogP contribution in [0.1, 0.15) is 27.1 Å². The van der Waals surface area contributed by atoms with Crippen LogP contribution in [0.2, 0.25) is 0 Å². The van der Waals surface area contributed by atoms with Gasteiger partial charge in [-0.15, -0.1) is 11.3 Å². The fraction of sp³-hybridized carbons (Fsp3) is 0.357. The van der Waals surface area contributed by atoms with Crippen LogP contribution in [0.15, 0.2) is 24.4 Å². The molecule has 1 heterocycles. The SMILES string of the molecule is COc1ccc(C)cc1CC(NN)c1cnc(C)s1. The van der Waals surface area contributed by atoms with E-state index in [1.54, 1.807) is 18.4 Å². The Hall–Kier alpha value is -1.43. The van der Waals surface area contributed by atoms with Crippen LogP contribution >= 0.6 is 11.3 Å². The van der Waals surface area contributed by atoms with E-state index in [4.69, 9.17) is 10.6 Å². The molecule has 3 N–H and O–H groups in total. The lowest BCUT2D eigenvalue weighted by atomic mass is 10.0. The predicted octanol–water partition coefficient (Wildman–Crippen LogP) is 2.52. The number of hydrogen-bond acceptors (Lipinski definition) is 5. The van der Waals surface area contributed by atoms with Crippen LogP contribution in [0.25, 0.3) is 0 Å². The number of aromatic nitrogens is 1. The first kappa shape index (κ1) is 14.0. The van der Waals surface area contributed by atoms with E-state index >= 15 is 0 Å². The van der Waals surface area contributed by atoms with Crippen molar-refractivity contribution in [2.75, 3.05) is 7.11 Å². The second kappa shape index (κ2) is 6.14. The molecule has 0 aliphatic heterocycles. The third-order valence-corrected chi connectivity index (χ3v) is 4.07. The van der Waals surface area contributed by atoms with E-state index in [0.717, 1.165) is 27.6 Å². The normalized spacial score (nSPS) is 12.4. The summed E-state index contributed by atoms with van der Waals surface area (Å²) in [4.78, 5) is 5.42. The molecule has 0 bridgehead atoms. The summed E-state index contributed by atoms with van der Waals surface area (Å²) < 4.78 is 5.41. The van der Waals surface area contributed by atoms with Gasteiger partial charge in [-0.3, -0.25) is 11.3 Å². The molecule has 0 radical (unpaired) electrons. The molecule has 0 amide bonds. The molecular formula is C14H19N3OS. The number of nitrogens with one attached hydrogen (secondary N) is 1. The van der Waals surface area contributed by atoms with E-state index in [2.05, 4.69) is 23.4 Å². The van der Waals surface area contributed by atoms with Gasteiger partial charge in [0.05, 0.1) is 18.2 Å². The van der Waals surface area contributed by atoms with Gasteiger partial charge in [0.2, 0.25) is 0 Å². The third kappa shape index (κ3) is 3.32. The Morgan fingerprint density at radius 1 is 1.42 bits per heavy atom. The number of thiazole rings is 1. The molecule has 0 saturated heterocycles. The summed E-state index contributed by atoms with van der Waals surface area (Å²) >= 11 is 1.66. The molecule has 102 valence electrons. The molecule has 2 aromatic rings. The van der Waals surface area contributed by atoms with Crippen molar-refractivity contribution in [3.8, 4) is 5.75 Å². The number of benzene rings is 1. The minimum absolute atomic E-state index is 0.0573. The van der Waals surface area contributed by atoms with Crippen molar-refractivity contribution in [2.45, 2.75) is 26.3 Å². The van der Waals surface area contributed by atoms with Crippen LogP contribution in [0.5, 0.6) is 5.75 Å². The summed E-state index contributed by atoms with van der Waals surface area (Å²) in [5, 5.41) is 1.05. The van der Waals surface area contributed by atoms with Crippen molar-refractivity contribution in [1.82, 2.24) is 10.4 Å². The van der Waals surface area contributed by atoms with E-state index in [1.807, 2.05) is 25.3 Å². The molecule has 0 saturated carbocycles. The highest BCUT2D eigenvalue weighted by atomic mass is 32.1. The summed E-state index contributed by atoms with van der Waals surface area (Å²) in [5.41, 5.74) is 5.23. The maximum Gasteiger partial charge on any atom is 0.122 e. The molecule has 0 aliphatic rings. The molecule has 0 fully saturated rings. The minimum Gasteiger partial charge on any atom is -0.496 e. The average Bonchev–Trinajstić information content (AvgIpc) is 2.82. The van der Waals surface area contributed by atoms with Gasteiger partial charge >= 0.3 is 0 Å². The molecule has 2 rings (SSSR count). The van der Waals surface area contributed by atoms with Gasteiger partial charge in [0.25, 0.3) is 0 Å². The average molecular weight is 277 g/mol. The monoisotopic (exact) mass is 277 g/mol. The summed E-state index contributed by atoms with van der Waals surface area (Å²) in [6, 6.07) is 6.24. The number of nitrogens with zero attached hydrogens (tertiary/aromatic N) is 1. The maximum absolute atomic E-state index is 5.68. The third-order valence-electron chi connectivity index (χ3n) is 3.04. The van der Waals surface area contributed by atoms with Crippen molar-refractivity contribution in [3.05, 3.63) is 45.4 Å². The lowest BCUT2D eigenvalue weighted by Crippen LogP contribution is -2.29. The van der Waals surface area contributed by atoms with E-state index in [1.165, 1.54) is 5.56 Å². The Labute approximate surface area is 117 Å². The van der Waals surface area contributed by atoms with Crippen LogP contribution in [0.4, 0.5) is 0 Å². The first-order chi connectivity index (χ1) is 9.13. The molecule has 19 heavy (non-hydrogen) atoms. The highest BCUT2D eigenvalue weighted by molar-refractivity contribution is 7.11. The zero-order chi connectivity index (χ0) is 13.8.